The van der Waals surface area contributed by atoms with E-state index < -0.39 is 0 Å². The van der Waals surface area contributed by atoms with Gasteiger partial charge in [0, 0.05) is 30.9 Å². The van der Waals surface area contributed by atoms with E-state index in [0.29, 0.717) is 24.1 Å². The lowest BCUT2D eigenvalue weighted by Crippen LogP contribution is -2.34. The standard InChI is InChI=1S/C26H30N4O2/c31-26(23-15-24(32-30-23)19-11-12-19)29-25(20-7-2-1-3-8-20)21-9-4-6-18(14-21)16-28-22-10-5-13-27-17-22/h4-6,9-10,13-15,17,19-20,25,28H,1-3,7-8,11-12,16H2,(H,29,31). The first-order valence-corrected chi connectivity index (χ1v) is 11.8. The molecule has 6 nitrogen and oxygen atoms in total. The molecule has 166 valence electrons. The third-order valence-corrected chi connectivity index (χ3v) is 6.62. The average molecular weight is 431 g/mol. The fourth-order valence-corrected chi connectivity index (χ4v) is 4.68. The minimum Gasteiger partial charge on any atom is -0.380 e. The predicted molar refractivity (Wildman–Crippen MR) is 123 cm³/mol. The van der Waals surface area contributed by atoms with E-state index in [0.717, 1.165) is 42.7 Å². The maximum absolute atomic E-state index is 13.1. The summed E-state index contributed by atoms with van der Waals surface area (Å²) < 4.78 is 5.41. The van der Waals surface area contributed by atoms with Gasteiger partial charge < -0.3 is 15.2 Å². The van der Waals surface area contributed by atoms with Crippen molar-refractivity contribution >= 4 is 11.6 Å². The molecule has 3 aromatic rings. The highest BCUT2D eigenvalue weighted by Crippen LogP contribution is 2.40. The van der Waals surface area contributed by atoms with E-state index >= 15 is 0 Å². The van der Waals surface area contributed by atoms with E-state index in [-0.39, 0.29) is 11.9 Å². The van der Waals surface area contributed by atoms with Crippen molar-refractivity contribution in [1.82, 2.24) is 15.5 Å². The van der Waals surface area contributed by atoms with E-state index in [1.54, 1.807) is 6.20 Å². The van der Waals surface area contributed by atoms with Crippen molar-refractivity contribution in [1.29, 1.82) is 0 Å². The molecule has 0 saturated heterocycles. The number of hydrogen-bond donors (Lipinski definition) is 2. The van der Waals surface area contributed by atoms with Crippen LogP contribution in [-0.2, 0) is 6.54 Å². The van der Waals surface area contributed by atoms with Gasteiger partial charge in [0.1, 0.15) is 5.76 Å². The number of hydrogen-bond acceptors (Lipinski definition) is 5. The SMILES string of the molecule is O=C(NC(c1cccc(CNc2cccnc2)c1)C1CCCCC1)c1cc(C2CC2)on1. The maximum atomic E-state index is 13.1. The quantitative estimate of drug-likeness (QED) is 0.485. The zero-order valence-corrected chi connectivity index (χ0v) is 18.3. The van der Waals surface area contributed by atoms with Gasteiger partial charge in [0.05, 0.1) is 11.7 Å². The second-order valence-electron chi connectivity index (χ2n) is 9.08. The van der Waals surface area contributed by atoms with Crippen LogP contribution in [0, 0.1) is 5.92 Å². The van der Waals surface area contributed by atoms with Crippen LogP contribution in [0.25, 0.3) is 0 Å². The van der Waals surface area contributed by atoms with Gasteiger partial charge in [-0.25, -0.2) is 0 Å². The minimum absolute atomic E-state index is 0.0257. The molecule has 0 radical (unpaired) electrons. The Morgan fingerprint density at radius 1 is 1.06 bits per heavy atom. The number of carbonyl (C=O) groups excluding carboxylic acids is 1. The van der Waals surface area contributed by atoms with Crippen LogP contribution < -0.4 is 10.6 Å². The van der Waals surface area contributed by atoms with Crippen molar-refractivity contribution in [3.63, 3.8) is 0 Å². The van der Waals surface area contributed by atoms with E-state index in [1.807, 2.05) is 24.4 Å². The Hall–Kier alpha value is -3.15. The zero-order chi connectivity index (χ0) is 21.8. The Kier molecular flexibility index (Phi) is 6.19. The Balaban J connectivity index is 1.33. The van der Waals surface area contributed by atoms with Gasteiger partial charge in [-0.05, 0) is 54.9 Å². The van der Waals surface area contributed by atoms with Crippen molar-refractivity contribution in [2.24, 2.45) is 5.92 Å². The van der Waals surface area contributed by atoms with Crippen LogP contribution in [0.2, 0.25) is 0 Å². The molecule has 6 heteroatoms. The summed E-state index contributed by atoms with van der Waals surface area (Å²) in [5.74, 6) is 1.58. The third-order valence-electron chi connectivity index (χ3n) is 6.62. The molecule has 2 fully saturated rings. The molecule has 1 unspecified atom stereocenters. The van der Waals surface area contributed by atoms with Crippen LogP contribution >= 0.6 is 0 Å². The van der Waals surface area contributed by atoms with Crippen molar-refractivity contribution < 1.29 is 9.32 Å². The molecular formula is C26H30N4O2. The summed E-state index contributed by atoms with van der Waals surface area (Å²) in [6.07, 6.45) is 11.8. The number of nitrogens with zero attached hydrogens (tertiary/aromatic N) is 2. The number of amides is 1. The molecule has 2 aliphatic rings. The summed E-state index contributed by atoms with van der Waals surface area (Å²) in [6.45, 7) is 0.707. The summed E-state index contributed by atoms with van der Waals surface area (Å²) in [4.78, 5) is 17.2. The summed E-state index contributed by atoms with van der Waals surface area (Å²) >= 11 is 0. The van der Waals surface area contributed by atoms with Crippen molar-refractivity contribution in [3.8, 4) is 0 Å². The van der Waals surface area contributed by atoms with E-state index in [4.69, 9.17) is 4.52 Å². The second-order valence-corrected chi connectivity index (χ2v) is 9.08. The molecule has 1 atom stereocenters. The molecule has 0 aliphatic heterocycles. The first kappa shape index (κ1) is 20.7. The summed E-state index contributed by atoms with van der Waals surface area (Å²) in [7, 11) is 0. The fourth-order valence-electron chi connectivity index (χ4n) is 4.68. The van der Waals surface area contributed by atoms with Crippen LogP contribution in [0.15, 0.2) is 59.4 Å². The lowest BCUT2D eigenvalue weighted by Gasteiger charge is -2.31. The highest BCUT2D eigenvalue weighted by atomic mass is 16.5. The van der Waals surface area contributed by atoms with Crippen LogP contribution in [0.1, 0.15) is 84.3 Å². The van der Waals surface area contributed by atoms with Gasteiger partial charge in [0.25, 0.3) is 5.91 Å². The number of aromatic nitrogens is 2. The normalized spacial score (nSPS) is 17.6. The maximum Gasteiger partial charge on any atom is 0.273 e. The molecule has 32 heavy (non-hydrogen) atoms. The summed E-state index contributed by atoms with van der Waals surface area (Å²) in [5, 5.41) is 10.8. The Morgan fingerprint density at radius 2 is 1.94 bits per heavy atom. The van der Waals surface area contributed by atoms with E-state index in [2.05, 4.69) is 45.0 Å². The molecule has 2 N–H and O–H groups in total. The number of nitrogens with one attached hydrogen (secondary N) is 2. The van der Waals surface area contributed by atoms with Gasteiger partial charge in [-0.3, -0.25) is 9.78 Å². The monoisotopic (exact) mass is 430 g/mol. The smallest absolute Gasteiger partial charge is 0.273 e. The Labute approximate surface area is 188 Å². The molecule has 5 rings (SSSR count). The van der Waals surface area contributed by atoms with E-state index in [1.165, 1.54) is 24.8 Å². The lowest BCUT2D eigenvalue weighted by atomic mass is 9.80. The molecule has 2 saturated carbocycles. The highest BCUT2D eigenvalue weighted by molar-refractivity contribution is 5.92. The molecule has 1 amide bonds. The van der Waals surface area contributed by atoms with Gasteiger partial charge in [-0.15, -0.1) is 0 Å². The molecule has 2 aliphatic carbocycles. The van der Waals surface area contributed by atoms with Crippen LogP contribution in [0.3, 0.4) is 0 Å². The molecule has 0 spiro atoms. The first-order valence-electron chi connectivity index (χ1n) is 11.8. The van der Waals surface area contributed by atoms with Gasteiger partial charge in [0.15, 0.2) is 5.69 Å². The number of rotatable bonds is 8. The van der Waals surface area contributed by atoms with Gasteiger partial charge in [-0.1, -0.05) is 48.7 Å². The molecule has 1 aromatic carbocycles. The van der Waals surface area contributed by atoms with Crippen molar-refractivity contribution in [2.75, 3.05) is 5.32 Å². The third kappa shape index (κ3) is 5.01. The van der Waals surface area contributed by atoms with Crippen LogP contribution in [0.4, 0.5) is 5.69 Å². The number of pyridine rings is 1. The second kappa shape index (κ2) is 9.55. The van der Waals surface area contributed by atoms with E-state index in [9.17, 15) is 4.79 Å². The largest absolute Gasteiger partial charge is 0.380 e. The molecule has 0 bridgehead atoms. The van der Waals surface area contributed by atoms with Crippen LogP contribution in [-0.4, -0.2) is 16.0 Å². The summed E-state index contributed by atoms with van der Waals surface area (Å²) in [6, 6.07) is 14.3. The highest BCUT2D eigenvalue weighted by Gasteiger charge is 2.31. The fraction of sp³-hybridized carbons (Fsp3) is 0.423. The minimum atomic E-state index is -0.143. The van der Waals surface area contributed by atoms with Gasteiger partial charge >= 0.3 is 0 Å². The Morgan fingerprint density at radius 3 is 2.72 bits per heavy atom. The van der Waals surface area contributed by atoms with Crippen molar-refractivity contribution in [2.45, 2.75) is 63.5 Å². The molecular weight excluding hydrogens is 400 g/mol. The summed E-state index contributed by atoms with van der Waals surface area (Å²) in [5.41, 5.74) is 3.72. The predicted octanol–water partition coefficient (Wildman–Crippen LogP) is 5.61. The number of carbonyl (C=O) groups is 1. The van der Waals surface area contributed by atoms with Crippen molar-refractivity contribution in [3.05, 3.63) is 77.4 Å². The molecule has 2 heterocycles. The lowest BCUT2D eigenvalue weighted by molar-refractivity contribution is 0.0903. The number of anilines is 1. The van der Waals surface area contributed by atoms with Crippen LogP contribution in [0.5, 0.6) is 0 Å². The molecule has 2 aromatic heterocycles. The van der Waals surface area contributed by atoms with Gasteiger partial charge in [0.2, 0.25) is 0 Å². The average Bonchev–Trinajstić information content (AvgIpc) is 3.58. The Bertz CT molecular complexity index is 1040. The van der Waals surface area contributed by atoms with Gasteiger partial charge in [-0.2, -0.15) is 0 Å². The first-order chi connectivity index (χ1) is 15.8. The zero-order valence-electron chi connectivity index (χ0n) is 18.3. The number of benzene rings is 1. The topological polar surface area (TPSA) is 80.0 Å².